The Kier molecular flexibility index (Phi) is 8.20. The number of morpholine rings is 1. The number of hydrogen-bond donors (Lipinski definition) is 7. The van der Waals surface area contributed by atoms with Gasteiger partial charge in [-0.05, 0) is 13.0 Å². The van der Waals surface area contributed by atoms with Crippen molar-refractivity contribution in [3.8, 4) is 11.5 Å². The number of quaternary nitrogens is 1. The zero-order valence-electron chi connectivity index (χ0n) is 25.2. The maximum atomic E-state index is 13.7. The predicted molar refractivity (Wildman–Crippen MR) is 154 cm³/mol. The number of benzene rings is 2. The van der Waals surface area contributed by atoms with E-state index in [1.165, 1.54) is 25.3 Å². The van der Waals surface area contributed by atoms with Crippen molar-refractivity contribution in [2.45, 2.75) is 68.7 Å². The van der Waals surface area contributed by atoms with Gasteiger partial charge in [0.05, 0.1) is 35.3 Å². The van der Waals surface area contributed by atoms with Crippen LogP contribution in [0.2, 0.25) is 0 Å². The third-order valence-corrected chi connectivity index (χ3v) is 9.71. The lowest BCUT2D eigenvalue weighted by atomic mass is 9.72. The van der Waals surface area contributed by atoms with E-state index in [1.54, 1.807) is 6.92 Å². The SMILES string of the molecule is COC1C[N+](O)(C2CC(OC3CC(O)(C(=O)CO)Cc4c(O)c5c(c(O)c43)C(=O)c3c(N)cccc3C5=O)OC(C)C2O)CCO1. The Morgan fingerprint density at radius 1 is 1.13 bits per heavy atom. The summed E-state index contributed by atoms with van der Waals surface area (Å²) in [5, 5.41) is 66.9. The monoisotopic (exact) mass is 645 g/mol. The highest BCUT2D eigenvalue weighted by Gasteiger charge is 2.54. The molecule has 2 aromatic carbocycles. The highest BCUT2D eigenvalue weighted by Crippen LogP contribution is 2.52. The molecule has 15 heteroatoms. The first-order chi connectivity index (χ1) is 21.7. The van der Waals surface area contributed by atoms with Crippen molar-refractivity contribution in [2.75, 3.05) is 39.1 Å². The highest BCUT2D eigenvalue weighted by molar-refractivity contribution is 6.32. The van der Waals surface area contributed by atoms with Gasteiger partial charge >= 0.3 is 0 Å². The number of carbonyl (C=O) groups excluding carboxylic acids is 3. The third-order valence-electron chi connectivity index (χ3n) is 9.71. The largest absolute Gasteiger partial charge is 0.507 e. The third kappa shape index (κ3) is 4.99. The molecule has 2 saturated heterocycles. The van der Waals surface area contributed by atoms with Crippen molar-refractivity contribution >= 4 is 23.0 Å². The summed E-state index contributed by atoms with van der Waals surface area (Å²) in [6.07, 6.45) is -6.65. The van der Waals surface area contributed by atoms with Crippen LogP contribution in [0.15, 0.2) is 18.2 Å². The van der Waals surface area contributed by atoms with Crippen molar-refractivity contribution in [3.05, 3.63) is 51.6 Å². The zero-order valence-corrected chi connectivity index (χ0v) is 25.2. The number of carbonyl (C=O) groups is 3. The molecule has 8 atom stereocenters. The van der Waals surface area contributed by atoms with Gasteiger partial charge < -0.3 is 50.2 Å². The molecule has 2 aromatic rings. The number of nitrogens with zero attached hydrogens (tertiary/aromatic N) is 1. The summed E-state index contributed by atoms with van der Waals surface area (Å²) in [4.78, 5) is 40.1. The molecule has 2 heterocycles. The van der Waals surface area contributed by atoms with Crippen molar-refractivity contribution in [1.82, 2.24) is 0 Å². The smallest absolute Gasteiger partial charge is 0.210 e. The second-order valence-electron chi connectivity index (χ2n) is 12.4. The summed E-state index contributed by atoms with van der Waals surface area (Å²) in [5.41, 5.74) is 2.05. The van der Waals surface area contributed by atoms with E-state index in [4.69, 9.17) is 24.7 Å². The zero-order chi connectivity index (χ0) is 33.3. The Balaban J connectivity index is 1.43. The summed E-state index contributed by atoms with van der Waals surface area (Å²) in [6.45, 7) is 0.776. The quantitative estimate of drug-likeness (QED) is 0.105. The van der Waals surface area contributed by atoms with Gasteiger partial charge in [0.1, 0.15) is 43.0 Å². The molecular formula is C31H37N2O13+. The molecule has 0 radical (unpaired) electrons. The number of ether oxygens (including phenoxy) is 4. The molecule has 2 aliphatic heterocycles. The van der Waals surface area contributed by atoms with Crippen LogP contribution in [0.25, 0.3) is 0 Å². The summed E-state index contributed by atoms with van der Waals surface area (Å²) in [6, 6.07) is 3.38. The second kappa shape index (κ2) is 11.6. The Hall–Kier alpha value is -3.51. The van der Waals surface area contributed by atoms with Crippen LogP contribution in [-0.2, 0) is 30.2 Å². The molecule has 0 bridgehead atoms. The fourth-order valence-corrected chi connectivity index (χ4v) is 7.25. The first-order valence-corrected chi connectivity index (χ1v) is 14.9. The van der Waals surface area contributed by atoms with Crippen molar-refractivity contribution in [2.24, 2.45) is 0 Å². The number of aromatic hydroxyl groups is 2. The van der Waals surface area contributed by atoms with Crippen LogP contribution in [0, 0.1) is 0 Å². The minimum absolute atomic E-state index is 0.00375. The van der Waals surface area contributed by atoms with Crippen LogP contribution >= 0.6 is 0 Å². The maximum absolute atomic E-state index is 13.7. The van der Waals surface area contributed by atoms with E-state index in [0.29, 0.717) is 0 Å². The van der Waals surface area contributed by atoms with Gasteiger partial charge in [0.15, 0.2) is 36.2 Å². The number of phenols is 2. The van der Waals surface area contributed by atoms with E-state index in [9.17, 15) is 45.1 Å². The van der Waals surface area contributed by atoms with E-state index in [1.807, 2.05) is 0 Å². The number of Topliss-reactive ketones (excluding diaryl/α,β-unsaturated/α-hetero) is 1. The van der Waals surface area contributed by atoms with Gasteiger partial charge in [-0.25, -0.2) is 5.21 Å². The van der Waals surface area contributed by atoms with Crippen molar-refractivity contribution in [1.29, 1.82) is 0 Å². The number of rotatable bonds is 6. The average molecular weight is 646 g/mol. The van der Waals surface area contributed by atoms with Crippen LogP contribution in [0.1, 0.15) is 68.8 Å². The van der Waals surface area contributed by atoms with Crippen LogP contribution in [0.3, 0.4) is 0 Å². The minimum Gasteiger partial charge on any atom is -0.507 e. The summed E-state index contributed by atoms with van der Waals surface area (Å²) >= 11 is 0. The molecule has 8 unspecified atom stereocenters. The summed E-state index contributed by atoms with van der Waals surface area (Å²) in [5.74, 6) is -4.07. The number of fused-ring (bicyclic) bond motifs is 3. The van der Waals surface area contributed by atoms with Crippen molar-refractivity contribution in [3.63, 3.8) is 0 Å². The molecular weight excluding hydrogens is 608 g/mol. The first kappa shape index (κ1) is 32.4. The number of aliphatic hydroxyl groups excluding tert-OH is 2. The van der Waals surface area contributed by atoms with Crippen LogP contribution in [0.5, 0.6) is 11.5 Å². The van der Waals surface area contributed by atoms with Gasteiger partial charge in [-0.3, -0.25) is 14.4 Å². The molecule has 2 aliphatic carbocycles. The first-order valence-electron chi connectivity index (χ1n) is 14.9. The molecule has 15 nitrogen and oxygen atoms in total. The van der Waals surface area contributed by atoms with E-state index < -0.39 is 107 Å². The van der Waals surface area contributed by atoms with Crippen LogP contribution in [-0.4, -0.2) is 123 Å². The highest BCUT2D eigenvalue weighted by atomic mass is 16.7. The van der Waals surface area contributed by atoms with Gasteiger partial charge in [-0.15, -0.1) is 0 Å². The lowest BCUT2D eigenvalue weighted by Crippen LogP contribution is -2.68. The summed E-state index contributed by atoms with van der Waals surface area (Å²) < 4.78 is 22.3. The van der Waals surface area contributed by atoms with E-state index in [2.05, 4.69) is 0 Å². The Morgan fingerprint density at radius 3 is 2.54 bits per heavy atom. The van der Waals surface area contributed by atoms with Gasteiger partial charge in [0, 0.05) is 42.3 Å². The number of hydroxylamine groups is 3. The summed E-state index contributed by atoms with van der Waals surface area (Å²) in [7, 11) is 1.43. The fraction of sp³-hybridized carbons (Fsp3) is 0.516. The molecule has 2 fully saturated rings. The van der Waals surface area contributed by atoms with Gasteiger partial charge in [0.2, 0.25) is 6.29 Å². The molecule has 46 heavy (non-hydrogen) atoms. The molecule has 0 spiro atoms. The van der Waals surface area contributed by atoms with E-state index >= 15 is 0 Å². The fourth-order valence-electron chi connectivity index (χ4n) is 7.25. The number of aliphatic hydroxyl groups is 3. The van der Waals surface area contributed by atoms with Crippen molar-refractivity contribution < 1.29 is 68.7 Å². The molecule has 6 rings (SSSR count). The van der Waals surface area contributed by atoms with E-state index in [-0.39, 0.29) is 54.1 Å². The normalized spacial score (nSPS) is 34.0. The Morgan fingerprint density at radius 2 is 1.85 bits per heavy atom. The van der Waals surface area contributed by atoms with Crippen LogP contribution in [0.4, 0.5) is 5.69 Å². The minimum atomic E-state index is -2.31. The molecule has 8 N–H and O–H groups in total. The predicted octanol–water partition coefficient (Wildman–Crippen LogP) is -0.175. The van der Waals surface area contributed by atoms with Gasteiger partial charge in [0.25, 0.3) is 0 Å². The molecule has 0 aromatic heterocycles. The Bertz CT molecular complexity index is 1610. The number of ketones is 3. The number of nitrogens with two attached hydrogens (primary N) is 1. The van der Waals surface area contributed by atoms with Gasteiger partial charge in [-0.1, -0.05) is 12.1 Å². The number of hydrogen-bond acceptors (Lipinski definition) is 14. The Labute approximate surface area is 262 Å². The van der Waals surface area contributed by atoms with E-state index in [0.717, 1.165) is 0 Å². The molecule has 0 saturated carbocycles. The number of methoxy groups -OCH3 is 1. The average Bonchev–Trinajstić information content (AvgIpc) is 3.02. The molecule has 248 valence electrons. The maximum Gasteiger partial charge on any atom is 0.210 e. The molecule has 0 amide bonds. The standard InChI is InChI=1S/C31H36N2O13/c1-13-26(36)17(33(42)6-7-44-21(11-33)43-2)8-20(45-13)46-18-10-31(41,19(35)12-34)9-15-23(18)30(40)25-24(28(15)38)27(37)14-4-3-5-16(32)22(14)29(25)39/h3-5,13,17-18,20-21,26,34,36,41-42H,6-12H2,1-2H3,(H3-,32,37,38,39,40)/p+1. The number of phenolic OH excluding ortho intramolecular Hbond substituents is 2. The lowest BCUT2D eigenvalue weighted by Gasteiger charge is -2.48. The van der Waals surface area contributed by atoms with Crippen LogP contribution < -0.4 is 5.73 Å². The number of nitrogen functional groups attached to an aromatic ring is 1. The lowest BCUT2D eigenvalue weighted by molar-refractivity contribution is -1.13. The van der Waals surface area contributed by atoms with Gasteiger partial charge in [-0.2, -0.15) is 4.65 Å². The topological polar surface area (TPSA) is 236 Å². The number of anilines is 1. The molecule has 4 aliphatic rings. The second-order valence-corrected chi connectivity index (χ2v) is 12.4.